The minimum Gasteiger partial charge on any atom is -0.228 e. The molecule has 0 aliphatic carbocycles. The highest BCUT2D eigenvalue weighted by atomic mass is 79.9. The van der Waals surface area contributed by atoms with E-state index in [1.165, 1.54) is 0 Å². The van der Waals surface area contributed by atoms with Crippen LogP contribution in [0.5, 0.6) is 0 Å². The second kappa shape index (κ2) is 6.59. The lowest BCUT2D eigenvalue weighted by molar-refractivity contribution is 0.554. The van der Waals surface area contributed by atoms with E-state index >= 15 is 0 Å². The van der Waals surface area contributed by atoms with Gasteiger partial charge < -0.3 is 0 Å². The van der Waals surface area contributed by atoms with E-state index in [9.17, 15) is 8.42 Å². The molecule has 0 amide bonds. The van der Waals surface area contributed by atoms with Crippen LogP contribution < -0.4 is 0 Å². The zero-order valence-corrected chi connectivity index (χ0v) is 14.6. The highest BCUT2D eigenvalue weighted by Crippen LogP contribution is 2.26. The molecule has 5 heteroatoms. The van der Waals surface area contributed by atoms with Crippen LogP contribution in [-0.2, 0) is 9.84 Å². The van der Waals surface area contributed by atoms with E-state index in [-0.39, 0.29) is 11.7 Å². The van der Waals surface area contributed by atoms with Crippen molar-refractivity contribution in [3.8, 4) is 0 Å². The molecule has 2 nitrogen and oxygen atoms in total. The van der Waals surface area contributed by atoms with Crippen LogP contribution in [0.4, 0.5) is 0 Å². The SMILES string of the molecule is CC(C)(C)S(=O)(=O)CCC(CCl)c1ccc(Br)cc1. The van der Waals surface area contributed by atoms with Crippen LogP contribution in [0.3, 0.4) is 0 Å². The van der Waals surface area contributed by atoms with Gasteiger partial charge in [-0.1, -0.05) is 28.1 Å². The Labute approximate surface area is 129 Å². The van der Waals surface area contributed by atoms with Crippen molar-refractivity contribution >= 4 is 37.4 Å². The van der Waals surface area contributed by atoms with Crippen LogP contribution in [-0.4, -0.2) is 24.8 Å². The standard InChI is InChI=1S/C14H20BrClO2S/c1-14(2,3)19(17,18)9-8-12(10-16)11-4-6-13(15)7-5-11/h4-7,12H,8-10H2,1-3H3. The quantitative estimate of drug-likeness (QED) is 0.724. The molecule has 0 bridgehead atoms. The molecule has 1 atom stereocenters. The zero-order chi connectivity index (χ0) is 14.7. The molecule has 0 fully saturated rings. The van der Waals surface area contributed by atoms with E-state index in [2.05, 4.69) is 15.9 Å². The fourth-order valence-corrected chi connectivity index (χ4v) is 3.48. The first-order valence-corrected chi connectivity index (χ1v) is 9.19. The first-order chi connectivity index (χ1) is 8.67. The predicted octanol–water partition coefficient (Wildman–Crippen LogP) is 4.37. The van der Waals surface area contributed by atoms with Gasteiger partial charge in [0.2, 0.25) is 0 Å². The maximum Gasteiger partial charge on any atom is 0.155 e. The Balaban J connectivity index is 2.77. The summed E-state index contributed by atoms with van der Waals surface area (Å²) < 4.78 is 24.5. The maximum atomic E-state index is 12.1. The van der Waals surface area contributed by atoms with Crippen LogP contribution in [0.15, 0.2) is 28.7 Å². The van der Waals surface area contributed by atoms with Gasteiger partial charge in [-0.3, -0.25) is 0 Å². The van der Waals surface area contributed by atoms with Crippen LogP contribution in [0.2, 0.25) is 0 Å². The van der Waals surface area contributed by atoms with Gasteiger partial charge in [-0.25, -0.2) is 8.42 Å². The summed E-state index contributed by atoms with van der Waals surface area (Å²) in [5.41, 5.74) is 1.09. The molecular formula is C14H20BrClO2S. The van der Waals surface area contributed by atoms with Crippen LogP contribution >= 0.6 is 27.5 Å². The number of benzene rings is 1. The van der Waals surface area contributed by atoms with Crippen molar-refractivity contribution in [3.05, 3.63) is 34.3 Å². The van der Waals surface area contributed by atoms with Gasteiger partial charge in [0.15, 0.2) is 9.84 Å². The van der Waals surface area contributed by atoms with Gasteiger partial charge in [-0.05, 0) is 50.8 Å². The van der Waals surface area contributed by atoms with Gasteiger partial charge in [0.25, 0.3) is 0 Å². The number of hydrogen-bond donors (Lipinski definition) is 0. The van der Waals surface area contributed by atoms with Gasteiger partial charge in [0, 0.05) is 10.4 Å². The largest absolute Gasteiger partial charge is 0.228 e. The van der Waals surface area contributed by atoms with Crippen LogP contribution in [0.25, 0.3) is 0 Å². The molecule has 0 aliphatic rings. The maximum absolute atomic E-state index is 12.1. The molecule has 1 unspecified atom stereocenters. The van der Waals surface area contributed by atoms with Crippen molar-refractivity contribution in [2.45, 2.75) is 37.9 Å². The van der Waals surface area contributed by atoms with E-state index in [1.54, 1.807) is 20.8 Å². The molecular weight excluding hydrogens is 348 g/mol. The third-order valence-electron chi connectivity index (χ3n) is 3.20. The van der Waals surface area contributed by atoms with E-state index in [4.69, 9.17) is 11.6 Å². The van der Waals surface area contributed by atoms with Gasteiger partial charge in [-0.2, -0.15) is 0 Å². The lowest BCUT2D eigenvalue weighted by Gasteiger charge is -2.21. The number of hydrogen-bond acceptors (Lipinski definition) is 2. The third-order valence-corrected chi connectivity index (χ3v) is 6.74. The summed E-state index contributed by atoms with van der Waals surface area (Å²) in [6.45, 7) is 5.20. The fourth-order valence-electron chi connectivity index (χ4n) is 1.67. The Morgan fingerprint density at radius 2 is 1.74 bits per heavy atom. The molecule has 0 saturated carbocycles. The number of alkyl halides is 1. The molecule has 1 aromatic rings. The second-order valence-corrected chi connectivity index (χ2v) is 9.71. The average molecular weight is 368 g/mol. The minimum absolute atomic E-state index is 0.0758. The lowest BCUT2D eigenvalue weighted by atomic mass is 9.99. The van der Waals surface area contributed by atoms with E-state index in [0.717, 1.165) is 10.0 Å². The van der Waals surface area contributed by atoms with Crippen molar-refractivity contribution in [2.75, 3.05) is 11.6 Å². The third kappa shape index (κ3) is 4.76. The van der Waals surface area contributed by atoms with Crippen molar-refractivity contribution in [2.24, 2.45) is 0 Å². The average Bonchev–Trinajstić information content (AvgIpc) is 2.30. The van der Waals surface area contributed by atoms with Crippen LogP contribution in [0.1, 0.15) is 38.7 Å². The number of rotatable bonds is 5. The molecule has 1 rings (SSSR count). The summed E-state index contributed by atoms with van der Waals surface area (Å²) in [6.07, 6.45) is 0.560. The minimum atomic E-state index is -3.09. The van der Waals surface area contributed by atoms with Crippen LogP contribution in [0, 0.1) is 0 Å². The zero-order valence-electron chi connectivity index (χ0n) is 11.5. The molecule has 0 heterocycles. The Morgan fingerprint density at radius 3 is 2.16 bits per heavy atom. The summed E-state index contributed by atoms with van der Waals surface area (Å²) in [7, 11) is -3.09. The van der Waals surface area contributed by atoms with E-state index in [0.29, 0.717) is 12.3 Å². The Kier molecular flexibility index (Phi) is 5.90. The first-order valence-electron chi connectivity index (χ1n) is 6.21. The molecule has 108 valence electrons. The summed E-state index contributed by atoms with van der Waals surface area (Å²) in [6, 6.07) is 7.88. The van der Waals surface area contributed by atoms with Gasteiger partial charge >= 0.3 is 0 Å². The smallest absolute Gasteiger partial charge is 0.155 e. The molecule has 0 N–H and O–H groups in total. The monoisotopic (exact) mass is 366 g/mol. The van der Waals surface area contributed by atoms with Crippen molar-refractivity contribution in [1.29, 1.82) is 0 Å². The Hall–Kier alpha value is -0.0600. The number of sulfone groups is 1. The molecule has 0 spiro atoms. The Bertz CT molecular complexity index is 503. The van der Waals surface area contributed by atoms with Crippen molar-refractivity contribution < 1.29 is 8.42 Å². The molecule has 0 aliphatic heterocycles. The van der Waals surface area contributed by atoms with E-state index < -0.39 is 14.6 Å². The van der Waals surface area contributed by atoms with Gasteiger partial charge in [0.1, 0.15) is 0 Å². The predicted molar refractivity (Wildman–Crippen MR) is 85.8 cm³/mol. The fraction of sp³-hybridized carbons (Fsp3) is 0.571. The molecule has 0 aromatic heterocycles. The highest BCUT2D eigenvalue weighted by molar-refractivity contribution is 9.10. The summed E-state index contributed by atoms with van der Waals surface area (Å²) in [5.74, 6) is 0.678. The normalized spacial score (nSPS) is 14.4. The van der Waals surface area contributed by atoms with Gasteiger partial charge in [0.05, 0.1) is 10.5 Å². The molecule has 19 heavy (non-hydrogen) atoms. The molecule has 1 aromatic carbocycles. The molecule has 0 radical (unpaired) electrons. The van der Waals surface area contributed by atoms with E-state index in [1.807, 2.05) is 24.3 Å². The van der Waals surface area contributed by atoms with Crippen molar-refractivity contribution in [3.63, 3.8) is 0 Å². The summed E-state index contributed by atoms with van der Waals surface area (Å²) in [4.78, 5) is 0. The number of halogens is 2. The summed E-state index contributed by atoms with van der Waals surface area (Å²) >= 11 is 9.36. The highest BCUT2D eigenvalue weighted by Gasteiger charge is 2.29. The molecule has 0 saturated heterocycles. The Morgan fingerprint density at radius 1 is 1.21 bits per heavy atom. The summed E-state index contributed by atoms with van der Waals surface area (Å²) in [5, 5.41) is 0. The lowest BCUT2D eigenvalue weighted by Crippen LogP contribution is -2.31. The first kappa shape index (κ1) is 17.0. The second-order valence-electron chi connectivity index (χ2n) is 5.62. The van der Waals surface area contributed by atoms with Gasteiger partial charge in [-0.15, -0.1) is 11.6 Å². The topological polar surface area (TPSA) is 34.1 Å². The van der Waals surface area contributed by atoms with Crippen molar-refractivity contribution in [1.82, 2.24) is 0 Å².